The maximum absolute atomic E-state index is 12.9. The molecular weight excluding hydrogens is 217 g/mol. The number of halogens is 2. The van der Waals surface area contributed by atoms with Gasteiger partial charge in [0, 0.05) is 12.8 Å². The van der Waals surface area contributed by atoms with E-state index in [-0.39, 0.29) is 12.8 Å². The fraction of sp³-hybridized carbons (Fsp3) is 1.00. The van der Waals surface area contributed by atoms with Crippen LogP contribution in [0.2, 0.25) is 0 Å². The SMILES string of the molecule is CCCCC(F)OB([O])OC(F)CCCC. The first-order chi connectivity index (χ1) is 7.60. The standard InChI is InChI=1S/C10H20BF2O3/c1-3-5-7-9(12)15-11(14)16-10(13)8-6-4-2/h9-10H,3-8H2,1-2H3. The van der Waals surface area contributed by atoms with Crippen LogP contribution in [0, 0.1) is 0 Å². The van der Waals surface area contributed by atoms with Crippen LogP contribution in [0.3, 0.4) is 0 Å². The summed E-state index contributed by atoms with van der Waals surface area (Å²) in [7, 11) is -2.07. The van der Waals surface area contributed by atoms with E-state index in [9.17, 15) is 13.8 Å². The van der Waals surface area contributed by atoms with Crippen LogP contribution in [0.15, 0.2) is 0 Å². The van der Waals surface area contributed by atoms with Gasteiger partial charge >= 0.3 is 7.32 Å². The zero-order chi connectivity index (χ0) is 12.4. The summed E-state index contributed by atoms with van der Waals surface area (Å²) in [5.41, 5.74) is 0. The third-order valence-corrected chi connectivity index (χ3v) is 2.09. The second-order valence-corrected chi connectivity index (χ2v) is 3.67. The fourth-order valence-corrected chi connectivity index (χ4v) is 1.14. The van der Waals surface area contributed by atoms with Crippen molar-refractivity contribution < 1.29 is 23.1 Å². The van der Waals surface area contributed by atoms with Crippen molar-refractivity contribution in [1.82, 2.24) is 0 Å². The maximum atomic E-state index is 12.9. The summed E-state index contributed by atoms with van der Waals surface area (Å²) < 4.78 is 34.5. The lowest BCUT2D eigenvalue weighted by molar-refractivity contribution is -0.0530. The van der Waals surface area contributed by atoms with Crippen LogP contribution >= 0.6 is 0 Å². The molecule has 16 heavy (non-hydrogen) atoms. The Labute approximate surface area is 96.3 Å². The summed E-state index contributed by atoms with van der Waals surface area (Å²) in [6.45, 7) is 3.81. The Balaban J connectivity index is 3.58. The van der Waals surface area contributed by atoms with Crippen molar-refractivity contribution >= 4 is 7.32 Å². The molecule has 0 aliphatic heterocycles. The van der Waals surface area contributed by atoms with Crippen LogP contribution in [0.1, 0.15) is 52.4 Å². The molecule has 1 radical (unpaired) electrons. The minimum Gasteiger partial charge on any atom is -0.354 e. The molecule has 0 aromatic rings. The smallest absolute Gasteiger partial charge is 0.354 e. The highest BCUT2D eigenvalue weighted by Crippen LogP contribution is 2.11. The molecule has 0 aliphatic carbocycles. The first kappa shape index (κ1) is 15.8. The van der Waals surface area contributed by atoms with Gasteiger partial charge in [0.25, 0.3) is 0 Å². The molecule has 2 unspecified atom stereocenters. The second-order valence-electron chi connectivity index (χ2n) is 3.67. The number of hydrogen-bond acceptors (Lipinski definition) is 2. The average molecular weight is 237 g/mol. The van der Waals surface area contributed by atoms with E-state index in [2.05, 4.69) is 9.31 Å². The lowest BCUT2D eigenvalue weighted by atomic mass is 10.2. The zero-order valence-electron chi connectivity index (χ0n) is 9.96. The van der Waals surface area contributed by atoms with Crippen LogP contribution in [-0.2, 0) is 14.3 Å². The summed E-state index contributed by atoms with van der Waals surface area (Å²) >= 11 is 0. The van der Waals surface area contributed by atoms with E-state index in [0.717, 1.165) is 12.8 Å². The highest BCUT2D eigenvalue weighted by Gasteiger charge is 2.27. The van der Waals surface area contributed by atoms with Gasteiger partial charge in [0.2, 0.25) is 0 Å². The van der Waals surface area contributed by atoms with E-state index >= 15 is 0 Å². The quantitative estimate of drug-likeness (QED) is 0.546. The lowest BCUT2D eigenvalue weighted by Gasteiger charge is -2.13. The van der Waals surface area contributed by atoms with Gasteiger partial charge in [-0.05, 0) is 12.8 Å². The van der Waals surface area contributed by atoms with Crippen LogP contribution in [0.4, 0.5) is 8.78 Å². The highest BCUT2D eigenvalue weighted by molar-refractivity contribution is 6.34. The molecule has 0 aromatic heterocycles. The first-order valence-corrected chi connectivity index (χ1v) is 5.85. The molecule has 0 rings (SSSR count). The summed E-state index contributed by atoms with van der Waals surface area (Å²) in [4.78, 5) is 0. The van der Waals surface area contributed by atoms with E-state index in [0.29, 0.717) is 12.8 Å². The van der Waals surface area contributed by atoms with Gasteiger partial charge in [0.15, 0.2) is 12.7 Å². The van der Waals surface area contributed by atoms with Crippen molar-refractivity contribution in [3.05, 3.63) is 0 Å². The Morgan fingerprint density at radius 1 is 1.00 bits per heavy atom. The summed E-state index contributed by atoms with van der Waals surface area (Å²) in [6.07, 6.45) is -0.158. The number of rotatable bonds is 10. The minimum atomic E-state index is -2.07. The first-order valence-electron chi connectivity index (χ1n) is 5.85. The van der Waals surface area contributed by atoms with Crippen molar-refractivity contribution in [1.29, 1.82) is 0 Å². The molecule has 0 spiro atoms. The number of hydrogen-bond donors (Lipinski definition) is 0. The van der Waals surface area contributed by atoms with E-state index in [4.69, 9.17) is 0 Å². The van der Waals surface area contributed by atoms with Crippen LogP contribution < -0.4 is 0 Å². The van der Waals surface area contributed by atoms with Crippen LogP contribution in [0.25, 0.3) is 0 Å². The minimum absolute atomic E-state index is 0.143. The van der Waals surface area contributed by atoms with Crippen molar-refractivity contribution in [2.45, 2.75) is 65.1 Å². The molecule has 3 nitrogen and oxygen atoms in total. The molecule has 0 fully saturated rings. The van der Waals surface area contributed by atoms with Crippen LogP contribution in [0.5, 0.6) is 0 Å². The Bertz CT molecular complexity index is 147. The highest BCUT2D eigenvalue weighted by atomic mass is 19.2. The largest absolute Gasteiger partial charge is 0.671 e. The number of unbranched alkanes of at least 4 members (excludes halogenated alkanes) is 2. The topological polar surface area (TPSA) is 38.4 Å². The Kier molecular flexibility index (Phi) is 9.87. The molecular formula is C10H20BF2O3. The summed E-state index contributed by atoms with van der Waals surface area (Å²) in [5, 5.41) is 10.9. The molecule has 0 heterocycles. The molecule has 2 atom stereocenters. The van der Waals surface area contributed by atoms with Crippen molar-refractivity contribution in [3.8, 4) is 0 Å². The third-order valence-electron chi connectivity index (χ3n) is 2.09. The van der Waals surface area contributed by atoms with Gasteiger partial charge in [-0.15, -0.1) is 0 Å². The molecule has 6 heteroatoms. The van der Waals surface area contributed by atoms with E-state index in [1.165, 1.54) is 0 Å². The maximum Gasteiger partial charge on any atom is 0.671 e. The average Bonchev–Trinajstić information content (AvgIpc) is 2.23. The van der Waals surface area contributed by atoms with Gasteiger partial charge in [-0.2, -0.15) is 0 Å². The Morgan fingerprint density at radius 2 is 1.38 bits per heavy atom. The molecule has 95 valence electrons. The van der Waals surface area contributed by atoms with Crippen LogP contribution in [-0.4, -0.2) is 20.0 Å². The Hall–Kier alpha value is -0.195. The monoisotopic (exact) mass is 237 g/mol. The molecule has 0 amide bonds. The van der Waals surface area contributed by atoms with Gasteiger partial charge in [-0.25, -0.2) is 13.8 Å². The van der Waals surface area contributed by atoms with Gasteiger partial charge in [0.1, 0.15) is 0 Å². The summed E-state index contributed by atoms with van der Waals surface area (Å²) in [5.74, 6) is 0. The van der Waals surface area contributed by atoms with Gasteiger partial charge < -0.3 is 9.31 Å². The number of alkyl halides is 2. The van der Waals surface area contributed by atoms with E-state index in [1.54, 1.807) is 0 Å². The summed E-state index contributed by atoms with van der Waals surface area (Å²) in [6, 6.07) is 0. The van der Waals surface area contributed by atoms with Gasteiger partial charge in [-0.3, -0.25) is 0 Å². The fourth-order valence-electron chi connectivity index (χ4n) is 1.14. The molecule has 0 saturated carbocycles. The molecule has 0 N–H and O–H groups in total. The lowest BCUT2D eigenvalue weighted by Crippen LogP contribution is -2.29. The molecule has 0 aliphatic rings. The van der Waals surface area contributed by atoms with Crippen molar-refractivity contribution in [2.75, 3.05) is 0 Å². The third kappa shape index (κ3) is 9.06. The van der Waals surface area contributed by atoms with Crippen molar-refractivity contribution in [3.63, 3.8) is 0 Å². The van der Waals surface area contributed by atoms with E-state index in [1.807, 2.05) is 13.8 Å². The molecule has 0 bridgehead atoms. The normalized spacial score (nSPS) is 14.8. The zero-order valence-corrected chi connectivity index (χ0v) is 9.96. The van der Waals surface area contributed by atoms with Crippen molar-refractivity contribution in [2.24, 2.45) is 0 Å². The molecule has 0 saturated heterocycles. The predicted octanol–water partition coefficient (Wildman–Crippen LogP) is 3.41. The van der Waals surface area contributed by atoms with Gasteiger partial charge in [-0.1, -0.05) is 26.7 Å². The Morgan fingerprint density at radius 3 is 1.69 bits per heavy atom. The van der Waals surface area contributed by atoms with E-state index < -0.39 is 20.0 Å². The van der Waals surface area contributed by atoms with Gasteiger partial charge in [0.05, 0.1) is 0 Å². The predicted molar refractivity (Wildman–Crippen MR) is 57.5 cm³/mol. The second kappa shape index (κ2) is 9.99. The molecule has 0 aromatic carbocycles.